The summed E-state index contributed by atoms with van der Waals surface area (Å²) in [5, 5.41) is 0. The van der Waals surface area contributed by atoms with Crippen molar-refractivity contribution >= 4 is 15.9 Å². The summed E-state index contributed by atoms with van der Waals surface area (Å²) in [6.45, 7) is 2.48. The summed E-state index contributed by atoms with van der Waals surface area (Å²) >= 11 is 3.45. The Hall–Kier alpha value is -1.13. The van der Waals surface area contributed by atoms with Gasteiger partial charge < -0.3 is 10.7 Å². The van der Waals surface area contributed by atoms with E-state index in [2.05, 4.69) is 45.0 Å². The topological polar surface area (TPSA) is 54.7 Å². The van der Waals surface area contributed by atoms with E-state index < -0.39 is 0 Å². The van der Waals surface area contributed by atoms with Gasteiger partial charge in [0.15, 0.2) is 0 Å². The Morgan fingerprint density at radius 3 is 2.87 bits per heavy atom. The number of benzene rings is 1. The predicted octanol–water partition coefficient (Wildman–Crippen LogP) is 2.61. The molecule has 0 bridgehead atoms. The molecule has 0 saturated heterocycles. The standard InChI is InChI=1S/C11H12BrN3/c1-7-3-2-4-8(5-7)10-11(12)15-9(6-13)14-10/h2-5H,6,13H2,1H3,(H,14,15). The number of aromatic amines is 1. The Balaban J connectivity index is 2.48. The van der Waals surface area contributed by atoms with Gasteiger partial charge in [-0.15, -0.1) is 0 Å². The molecule has 15 heavy (non-hydrogen) atoms. The monoisotopic (exact) mass is 265 g/mol. The van der Waals surface area contributed by atoms with E-state index in [4.69, 9.17) is 5.73 Å². The molecule has 2 rings (SSSR count). The molecule has 1 aromatic heterocycles. The third-order valence-electron chi connectivity index (χ3n) is 2.19. The summed E-state index contributed by atoms with van der Waals surface area (Å²) in [4.78, 5) is 7.51. The molecule has 0 fully saturated rings. The molecule has 3 nitrogen and oxygen atoms in total. The minimum absolute atomic E-state index is 0.421. The van der Waals surface area contributed by atoms with Gasteiger partial charge in [0.25, 0.3) is 0 Å². The van der Waals surface area contributed by atoms with Gasteiger partial charge >= 0.3 is 0 Å². The van der Waals surface area contributed by atoms with Crippen molar-refractivity contribution in [3.63, 3.8) is 0 Å². The van der Waals surface area contributed by atoms with Gasteiger partial charge in [-0.05, 0) is 28.9 Å². The van der Waals surface area contributed by atoms with Crippen LogP contribution in [0, 0.1) is 6.92 Å². The molecule has 3 N–H and O–H groups in total. The molecule has 78 valence electrons. The number of halogens is 1. The first-order valence-electron chi connectivity index (χ1n) is 4.72. The van der Waals surface area contributed by atoms with Crippen LogP contribution >= 0.6 is 15.9 Å². The largest absolute Gasteiger partial charge is 0.335 e. The fourth-order valence-corrected chi connectivity index (χ4v) is 2.02. The molecule has 0 spiro atoms. The third kappa shape index (κ3) is 2.11. The number of aryl methyl sites for hydroxylation is 1. The van der Waals surface area contributed by atoms with E-state index in [1.807, 2.05) is 12.1 Å². The van der Waals surface area contributed by atoms with Gasteiger partial charge in [0, 0.05) is 5.56 Å². The van der Waals surface area contributed by atoms with Crippen LogP contribution in [0.5, 0.6) is 0 Å². The zero-order chi connectivity index (χ0) is 10.8. The summed E-state index contributed by atoms with van der Waals surface area (Å²) in [5.74, 6) is 0.790. The van der Waals surface area contributed by atoms with Crippen LogP contribution in [0.25, 0.3) is 11.3 Å². The number of nitrogens with two attached hydrogens (primary N) is 1. The number of rotatable bonds is 2. The van der Waals surface area contributed by atoms with Crippen molar-refractivity contribution in [2.45, 2.75) is 13.5 Å². The smallest absolute Gasteiger partial charge is 0.121 e. The van der Waals surface area contributed by atoms with E-state index in [-0.39, 0.29) is 0 Å². The molecular weight excluding hydrogens is 254 g/mol. The Morgan fingerprint density at radius 2 is 2.27 bits per heavy atom. The number of nitrogens with one attached hydrogen (secondary N) is 1. The van der Waals surface area contributed by atoms with Crippen LogP contribution in [0.2, 0.25) is 0 Å². The van der Waals surface area contributed by atoms with Crippen LogP contribution < -0.4 is 5.73 Å². The number of hydrogen-bond donors (Lipinski definition) is 2. The molecule has 0 aliphatic heterocycles. The average molecular weight is 266 g/mol. The van der Waals surface area contributed by atoms with Crippen LogP contribution in [0.1, 0.15) is 11.4 Å². The molecular formula is C11H12BrN3. The quantitative estimate of drug-likeness (QED) is 0.877. The highest BCUT2D eigenvalue weighted by atomic mass is 79.9. The lowest BCUT2D eigenvalue weighted by Crippen LogP contribution is -1.97. The highest BCUT2D eigenvalue weighted by Crippen LogP contribution is 2.26. The SMILES string of the molecule is Cc1cccc(-c2nc(CN)[nH]c2Br)c1. The van der Waals surface area contributed by atoms with Gasteiger partial charge in [0.05, 0.1) is 6.54 Å². The van der Waals surface area contributed by atoms with Crippen LogP contribution in [-0.4, -0.2) is 9.97 Å². The second-order valence-electron chi connectivity index (χ2n) is 3.42. The van der Waals surface area contributed by atoms with E-state index >= 15 is 0 Å². The summed E-state index contributed by atoms with van der Waals surface area (Å²) < 4.78 is 0.883. The Kier molecular flexibility index (Phi) is 2.88. The Morgan fingerprint density at radius 1 is 1.47 bits per heavy atom. The molecule has 0 unspecified atom stereocenters. The molecule has 0 atom stereocenters. The fourth-order valence-electron chi connectivity index (χ4n) is 1.48. The third-order valence-corrected chi connectivity index (χ3v) is 2.77. The Labute approximate surface area is 96.9 Å². The summed E-state index contributed by atoms with van der Waals surface area (Å²) in [6.07, 6.45) is 0. The lowest BCUT2D eigenvalue weighted by Gasteiger charge is -1.98. The molecule has 0 saturated carbocycles. The van der Waals surface area contributed by atoms with Crippen molar-refractivity contribution < 1.29 is 0 Å². The molecule has 0 amide bonds. The van der Waals surface area contributed by atoms with Gasteiger partial charge in [0.2, 0.25) is 0 Å². The van der Waals surface area contributed by atoms with Gasteiger partial charge in [-0.25, -0.2) is 4.98 Å². The van der Waals surface area contributed by atoms with E-state index in [0.29, 0.717) is 6.54 Å². The maximum Gasteiger partial charge on any atom is 0.121 e. The molecule has 1 heterocycles. The fraction of sp³-hybridized carbons (Fsp3) is 0.182. The first-order valence-corrected chi connectivity index (χ1v) is 5.51. The minimum Gasteiger partial charge on any atom is -0.335 e. The van der Waals surface area contributed by atoms with Crippen molar-refractivity contribution in [2.75, 3.05) is 0 Å². The van der Waals surface area contributed by atoms with Crippen molar-refractivity contribution in [1.82, 2.24) is 9.97 Å². The van der Waals surface area contributed by atoms with Gasteiger partial charge in [-0.2, -0.15) is 0 Å². The molecule has 0 aliphatic rings. The molecule has 0 radical (unpaired) electrons. The molecule has 1 aromatic carbocycles. The zero-order valence-corrected chi connectivity index (χ0v) is 10.0. The van der Waals surface area contributed by atoms with Crippen molar-refractivity contribution in [2.24, 2.45) is 5.73 Å². The van der Waals surface area contributed by atoms with Gasteiger partial charge in [-0.3, -0.25) is 0 Å². The Bertz CT molecular complexity index is 476. The minimum atomic E-state index is 0.421. The van der Waals surface area contributed by atoms with Crippen molar-refractivity contribution in [3.05, 3.63) is 40.3 Å². The second kappa shape index (κ2) is 4.16. The first kappa shape index (κ1) is 10.4. The number of imidazole rings is 1. The first-order chi connectivity index (χ1) is 7.20. The average Bonchev–Trinajstić information content (AvgIpc) is 2.60. The lowest BCUT2D eigenvalue weighted by molar-refractivity contribution is 0.947. The zero-order valence-electron chi connectivity index (χ0n) is 8.42. The number of aromatic nitrogens is 2. The second-order valence-corrected chi connectivity index (χ2v) is 4.21. The number of nitrogens with zero attached hydrogens (tertiary/aromatic N) is 1. The lowest BCUT2D eigenvalue weighted by atomic mass is 10.1. The van der Waals surface area contributed by atoms with Gasteiger partial charge in [-0.1, -0.05) is 23.8 Å². The predicted molar refractivity (Wildman–Crippen MR) is 64.4 cm³/mol. The maximum absolute atomic E-state index is 5.53. The van der Waals surface area contributed by atoms with Crippen molar-refractivity contribution in [1.29, 1.82) is 0 Å². The van der Waals surface area contributed by atoms with E-state index in [9.17, 15) is 0 Å². The molecule has 4 heteroatoms. The molecule has 0 aliphatic carbocycles. The van der Waals surface area contributed by atoms with E-state index in [0.717, 1.165) is 21.7 Å². The van der Waals surface area contributed by atoms with Crippen molar-refractivity contribution in [3.8, 4) is 11.3 Å². The van der Waals surface area contributed by atoms with Gasteiger partial charge in [0.1, 0.15) is 16.1 Å². The summed E-state index contributed by atoms with van der Waals surface area (Å²) in [6, 6.07) is 8.22. The van der Waals surface area contributed by atoms with Crippen LogP contribution in [-0.2, 0) is 6.54 Å². The summed E-state index contributed by atoms with van der Waals surface area (Å²) in [7, 11) is 0. The number of hydrogen-bond acceptors (Lipinski definition) is 2. The molecule has 2 aromatic rings. The van der Waals surface area contributed by atoms with Crippen LogP contribution in [0.4, 0.5) is 0 Å². The van der Waals surface area contributed by atoms with Crippen LogP contribution in [0.3, 0.4) is 0 Å². The summed E-state index contributed by atoms with van der Waals surface area (Å²) in [5.41, 5.74) is 8.76. The van der Waals surface area contributed by atoms with Crippen LogP contribution in [0.15, 0.2) is 28.9 Å². The highest BCUT2D eigenvalue weighted by Gasteiger charge is 2.08. The highest BCUT2D eigenvalue weighted by molar-refractivity contribution is 9.10. The maximum atomic E-state index is 5.53. The van der Waals surface area contributed by atoms with E-state index in [1.165, 1.54) is 5.56 Å². The number of H-pyrrole nitrogens is 1. The van der Waals surface area contributed by atoms with E-state index in [1.54, 1.807) is 0 Å². The normalized spacial score (nSPS) is 10.6.